The molecule has 0 aliphatic carbocycles. The SMILES string of the molecule is CC1CCC(C=C(CBr)C(C)C)O1. The first-order chi connectivity index (χ1) is 6.13. The first kappa shape index (κ1) is 11.3. The third-order valence-corrected chi connectivity index (χ3v) is 3.21. The molecule has 1 aliphatic heterocycles. The maximum atomic E-state index is 5.75. The summed E-state index contributed by atoms with van der Waals surface area (Å²) >= 11 is 3.51. The molecule has 0 N–H and O–H groups in total. The molecule has 1 nitrogen and oxygen atoms in total. The Morgan fingerprint density at radius 2 is 2.23 bits per heavy atom. The van der Waals surface area contributed by atoms with Crippen molar-refractivity contribution in [1.29, 1.82) is 0 Å². The van der Waals surface area contributed by atoms with Crippen molar-refractivity contribution < 1.29 is 4.74 Å². The van der Waals surface area contributed by atoms with Crippen molar-refractivity contribution in [3.63, 3.8) is 0 Å². The molecule has 0 aromatic heterocycles. The van der Waals surface area contributed by atoms with Gasteiger partial charge in [0.15, 0.2) is 0 Å². The van der Waals surface area contributed by atoms with Gasteiger partial charge in [-0.15, -0.1) is 0 Å². The predicted molar refractivity (Wildman–Crippen MR) is 60.3 cm³/mol. The van der Waals surface area contributed by atoms with Crippen LogP contribution in [0.3, 0.4) is 0 Å². The van der Waals surface area contributed by atoms with E-state index in [-0.39, 0.29) is 0 Å². The van der Waals surface area contributed by atoms with E-state index in [9.17, 15) is 0 Å². The van der Waals surface area contributed by atoms with Gasteiger partial charge in [0.05, 0.1) is 12.2 Å². The van der Waals surface area contributed by atoms with Gasteiger partial charge in [-0.2, -0.15) is 0 Å². The van der Waals surface area contributed by atoms with Crippen molar-refractivity contribution in [3.8, 4) is 0 Å². The predicted octanol–water partition coefficient (Wildman–Crippen LogP) is 3.53. The van der Waals surface area contributed by atoms with Crippen LogP contribution < -0.4 is 0 Å². The molecule has 0 aromatic rings. The van der Waals surface area contributed by atoms with E-state index < -0.39 is 0 Å². The number of halogens is 1. The lowest BCUT2D eigenvalue weighted by Gasteiger charge is -2.12. The van der Waals surface area contributed by atoms with Crippen molar-refractivity contribution in [1.82, 2.24) is 0 Å². The fraction of sp³-hybridized carbons (Fsp3) is 0.818. The summed E-state index contributed by atoms with van der Waals surface area (Å²) in [6, 6.07) is 0. The fourth-order valence-corrected chi connectivity index (χ4v) is 2.42. The molecule has 0 radical (unpaired) electrons. The number of hydrogen-bond acceptors (Lipinski definition) is 1. The summed E-state index contributed by atoms with van der Waals surface area (Å²) in [6.07, 6.45) is 5.50. The summed E-state index contributed by atoms with van der Waals surface area (Å²) < 4.78 is 5.75. The monoisotopic (exact) mass is 246 g/mol. The summed E-state index contributed by atoms with van der Waals surface area (Å²) in [5.74, 6) is 0.624. The first-order valence-electron chi connectivity index (χ1n) is 5.05. The lowest BCUT2D eigenvalue weighted by molar-refractivity contribution is 0.0827. The van der Waals surface area contributed by atoms with Crippen LogP contribution in [0.15, 0.2) is 11.6 Å². The highest BCUT2D eigenvalue weighted by Gasteiger charge is 2.20. The molecule has 2 heteroatoms. The van der Waals surface area contributed by atoms with Gasteiger partial charge in [0.2, 0.25) is 0 Å². The van der Waals surface area contributed by atoms with Crippen LogP contribution in [0.5, 0.6) is 0 Å². The standard InChI is InChI=1S/C11H19BrO/c1-8(2)10(7-12)6-11-5-4-9(3)13-11/h6,8-9,11H,4-5,7H2,1-3H3. The van der Waals surface area contributed by atoms with Gasteiger partial charge in [-0.25, -0.2) is 0 Å². The Morgan fingerprint density at radius 3 is 2.62 bits per heavy atom. The van der Waals surface area contributed by atoms with Gasteiger partial charge in [0.25, 0.3) is 0 Å². The van der Waals surface area contributed by atoms with E-state index in [4.69, 9.17) is 4.74 Å². The molecular weight excluding hydrogens is 228 g/mol. The van der Waals surface area contributed by atoms with Crippen LogP contribution >= 0.6 is 15.9 Å². The van der Waals surface area contributed by atoms with Crippen LogP contribution in [0, 0.1) is 5.92 Å². The number of hydrogen-bond donors (Lipinski definition) is 0. The Labute approximate surface area is 89.7 Å². The summed E-state index contributed by atoms with van der Waals surface area (Å²) in [6.45, 7) is 6.61. The Hall–Kier alpha value is 0.180. The minimum atomic E-state index is 0.366. The number of rotatable bonds is 3. The molecule has 0 bridgehead atoms. The normalized spacial score (nSPS) is 30.1. The molecule has 0 aromatic carbocycles. The zero-order valence-corrected chi connectivity index (χ0v) is 10.3. The Kier molecular flexibility index (Phi) is 4.47. The maximum Gasteiger partial charge on any atom is 0.0763 e. The molecule has 76 valence electrons. The van der Waals surface area contributed by atoms with E-state index in [1.807, 2.05) is 0 Å². The molecule has 2 atom stereocenters. The molecule has 13 heavy (non-hydrogen) atoms. The molecule has 1 rings (SSSR count). The third kappa shape index (κ3) is 3.43. The van der Waals surface area contributed by atoms with Crippen molar-refractivity contribution in [3.05, 3.63) is 11.6 Å². The molecule has 2 unspecified atom stereocenters. The van der Waals surface area contributed by atoms with Crippen molar-refractivity contribution >= 4 is 15.9 Å². The Bertz CT molecular complexity index is 187. The zero-order chi connectivity index (χ0) is 9.84. The molecule has 1 heterocycles. The zero-order valence-electron chi connectivity index (χ0n) is 8.72. The second-order valence-corrected chi connectivity index (χ2v) is 4.65. The van der Waals surface area contributed by atoms with Gasteiger partial charge < -0.3 is 4.74 Å². The van der Waals surface area contributed by atoms with E-state index in [2.05, 4.69) is 42.8 Å². The van der Waals surface area contributed by atoms with E-state index in [1.54, 1.807) is 0 Å². The second kappa shape index (κ2) is 5.16. The molecule has 0 amide bonds. The largest absolute Gasteiger partial charge is 0.371 e. The Balaban J connectivity index is 2.52. The van der Waals surface area contributed by atoms with Crippen LogP contribution in [-0.4, -0.2) is 17.5 Å². The smallest absolute Gasteiger partial charge is 0.0763 e. The van der Waals surface area contributed by atoms with Gasteiger partial charge in [-0.1, -0.05) is 41.4 Å². The summed E-state index contributed by atoms with van der Waals surface area (Å²) in [5.41, 5.74) is 1.46. The van der Waals surface area contributed by atoms with Gasteiger partial charge in [-0.05, 0) is 25.7 Å². The van der Waals surface area contributed by atoms with Crippen molar-refractivity contribution in [2.45, 2.75) is 45.8 Å². The van der Waals surface area contributed by atoms with E-state index in [1.165, 1.54) is 18.4 Å². The molecule has 1 aliphatic rings. The van der Waals surface area contributed by atoms with E-state index in [0.29, 0.717) is 18.1 Å². The minimum absolute atomic E-state index is 0.366. The van der Waals surface area contributed by atoms with Crippen molar-refractivity contribution in [2.24, 2.45) is 5.92 Å². The van der Waals surface area contributed by atoms with Gasteiger partial charge >= 0.3 is 0 Å². The van der Waals surface area contributed by atoms with Gasteiger partial charge in [0, 0.05) is 5.33 Å². The average Bonchev–Trinajstić information content (AvgIpc) is 2.46. The van der Waals surface area contributed by atoms with Crippen LogP contribution in [-0.2, 0) is 4.74 Å². The van der Waals surface area contributed by atoms with Gasteiger partial charge in [0.1, 0.15) is 0 Å². The van der Waals surface area contributed by atoms with Crippen LogP contribution in [0.25, 0.3) is 0 Å². The summed E-state index contributed by atoms with van der Waals surface area (Å²) in [4.78, 5) is 0. The van der Waals surface area contributed by atoms with Crippen molar-refractivity contribution in [2.75, 3.05) is 5.33 Å². The maximum absolute atomic E-state index is 5.75. The lowest BCUT2D eigenvalue weighted by Crippen LogP contribution is -2.08. The second-order valence-electron chi connectivity index (χ2n) is 4.09. The molecule has 1 saturated heterocycles. The van der Waals surface area contributed by atoms with Crippen LogP contribution in [0.1, 0.15) is 33.6 Å². The molecule has 1 fully saturated rings. The summed E-state index contributed by atoms with van der Waals surface area (Å²) in [5, 5.41) is 0.971. The fourth-order valence-electron chi connectivity index (χ4n) is 1.59. The minimum Gasteiger partial charge on any atom is -0.371 e. The molecule has 0 spiro atoms. The number of allylic oxidation sites excluding steroid dienone is 1. The average molecular weight is 247 g/mol. The van der Waals surface area contributed by atoms with Crippen LogP contribution in [0.2, 0.25) is 0 Å². The lowest BCUT2D eigenvalue weighted by atomic mass is 10.0. The quantitative estimate of drug-likeness (QED) is 0.547. The Morgan fingerprint density at radius 1 is 1.54 bits per heavy atom. The number of ether oxygens (including phenoxy) is 1. The molecule has 0 saturated carbocycles. The van der Waals surface area contributed by atoms with E-state index in [0.717, 1.165) is 5.33 Å². The topological polar surface area (TPSA) is 9.23 Å². The highest BCUT2D eigenvalue weighted by Crippen LogP contribution is 2.23. The number of alkyl halides is 1. The highest BCUT2D eigenvalue weighted by molar-refractivity contribution is 9.09. The third-order valence-electron chi connectivity index (χ3n) is 2.56. The van der Waals surface area contributed by atoms with Gasteiger partial charge in [-0.3, -0.25) is 0 Å². The first-order valence-corrected chi connectivity index (χ1v) is 6.17. The summed E-state index contributed by atoms with van der Waals surface area (Å²) in [7, 11) is 0. The molecular formula is C11H19BrO. The van der Waals surface area contributed by atoms with E-state index >= 15 is 0 Å². The van der Waals surface area contributed by atoms with Crippen LogP contribution in [0.4, 0.5) is 0 Å². The highest BCUT2D eigenvalue weighted by atomic mass is 79.9.